The third kappa shape index (κ3) is 3.96. The molecule has 0 aliphatic heterocycles. The van der Waals surface area contributed by atoms with Gasteiger partial charge in [0.1, 0.15) is 0 Å². The Morgan fingerprint density at radius 1 is 1.50 bits per heavy atom. The number of ether oxygens (including phenoxy) is 1. The first-order chi connectivity index (χ1) is 7.19. The van der Waals surface area contributed by atoms with Gasteiger partial charge in [0.25, 0.3) is 0 Å². The number of halogens is 2. The highest BCUT2D eigenvalue weighted by Crippen LogP contribution is 2.23. The zero-order valence-corrected chi connectivity index (χ0v) is 9.97. The van der Waals surface area contributed by atoms with Crippen LogP contribution >= 0.6 is 12.4 Å². The van der Waals surface area contributed by atoms with Crippen LogP contribution in [0.15, 0.2) is 18.2 Å². The van der Waals surface area contributed by atoms with E-state index in [-0.39, 0.29) is 30.8 Å². The van der Waals surface area contributed by atoms with Gasteiger partial charge in [-0.2, -0.15) is 0 Å². The first-order valence-electron chi connectivity index (χ1n) is 4.89. The molecule has 0 unspecified atom stereocenters. The highest BCUT2D eigenvalue weighted by atomic mass is 35.5. The summed E-state index contributed by atoms with van der Waals surface area (Å²) >= 11 is 0. The van der Waals surface area contributed by atoms with Crippen LogP contribution in [-0.2, 0) is 0 Å². The maximum absolute atomic E-state index is 13.1. The summed E-state index contributed by atoms with van der Waals surface area (Å²) in [6.07, 6.45) is 1.31. The highest BCUT2D eigenvalue weighted by molar-refractivity contribution is 5.85. The first-order valence-corrected chi connectivity index (χ1v) is 4.89. The third-order valence-corrected chi connectivity index (χ3v) is 2.28. The van der Waals surface area contributed by atoms with Crippen molar-refractivity contribution in [3.63, 3.8) is 0 Å². The summed E-state index contributed by atoms with van der Waals surface area (Å²) in [5.41, 5.74) is 6.69. The summed E-state index contributed by atoms with van der Waals surface area (Å²) in [7, 11) is 1.42. The Hall–Kier alpha value is -0.840. The number of hydrogen-bond acceptors (Lipinski definition) is 3. The molecule has 0 heterocycles. The summed E-state index contributed by atoms with van der Waals surface area (Å²) in [5.74, 6) is -0.192. The van der Waals surface area contributed by atoms with E-state index in [0.717, 1.165) is 5.56 Å². The Morgan fingerprint density at radius 2 is 2.19 bits per heavy atom. The molecule has 1 aromatic rings. The molecule has 1 aromatic carbocycles. The Kier molecular flexibility index (Phi) is 7.05. The monoisotopic (exact) mass is 249 g/mol. The molecule has 1 rings (SSSR count). The van der Waals surface area contributed by atoms with E-state index in [1.807, 2.05) is 0 Å². The minimum absolute atomic E-state index is 0. The lowest BCUT2D eigenvalue weighted by atomic mass is 10.0. The number of hydrogen-bond donors (Lipinski definition) is 2. The van der Waals surface area contributed by atoms with Gasteiger partial charge in [-0.15, -0.1) is 12.4 Å². The molecule has 3 N–H and O–H groups in total. The van der Waals surface area contributed by atoms with Crippen LogP contribution < -0.4 is 10.5 Å². The van der Waals surface area contributed by atoms with Crippen molar-refractivity contribution in [2.45, 2.75) is 18.9 Å². The van der Waals surface area contributed by atoms with Crippen LogP contribution in [0.2, 0.25) is 0 Å². The van der Waals surface area contributed by atoms with Gasteiger partial charge in [-0.05, 0) is 30.5 Å². The van der Waals surface area contributed by atoms with E-state index in [4.69, 9.17) is 15.6 Å². The van der Waals surface area contributed by atoms with Gasteiger partial charge in [0.2, 0.25) is 0 Å². The Morgan fingerprint density at radius 3 is 2.75 bits per heavy atom. The van der Waals surface area contributed by atoms with Crippen LogP contribution in [0.25, 0.3) is 0 Å². The van der Waals surface area contributed by atoms with Crippen molar-refractivity contribution in [3.05, 3.63) is 29.6 Å². The fraction of sp³-hybridized carbons (Fsp3) is 0.455. The van der Waals surface area contributed by atoms with Gasteiger partial charge in [0.15, 0.2) is 11.6 Å². The summed E-state index contributed by atoms with van der Waals surface area (Å²) in [6.45, 7) is 0.117. The van der Waals surface area contributed by atoms with Crippen molar-refractivity contribution >= 4 is 12.4 Å². The van der Waals surface area contributed by atoms with Gasteiger partial charge in [0, 0.05) is 12.6 Å². The number of aliphatic hydroxyl groups excluding tert-OH is 1. The van der Waals surface area contributed by atoms with Gasteiger partial charge >= 0.3 is 0 Å². The molecule has 5 heteroatoms. The molecule has 16 heavy (non-hydrogen) atoms. The van der Waals surface area contributed by atoms with Gasteiger partial charge in [0.05, 0.1) is 7.11 Å². The maximum Gasteiger partial charge on any atom is 0.165 e. The summed E-state index contributed by atoms with van der Waals surface area (Å²) in [4.78, 5) is 0. The zero-order valence-electron chi connectivity index (χ0n) is 9.15. The average molecular weight is 250 g/mol. The quantitative estimate of drug-likeness (QED) is 0.840. The molecule has 92 valence electrons. The zero-order chi connectivity index (χ0) is 11.3. The molecule has 1 atom stereocenters. The fourth-order valence-corrected chi connectivity index (χ4v) is 1.38. The topological polar surface area (TPSA) is 55.5 Å². The van der Waals surface area contributed by atoms with E-state index < -0.39 is 5.82 Å². The largest absolute Gasteiger partial charge is 0.494 e. The standard InChI is InChI=1S/C11H16FNO2.ClH/c1-15-11-7-8(4-5-9(11)12)10(13)3-2-6-14;/h4-5,7,10,14H,2-3,6,13H2,1H3;1H/t10-;/m1./s1. The van der Waals surface area contributed by atoms with Crippen molar-refractivity contribution in [2.75, 3.05) is 13.7 Å². The number of nitrogens with two attached hydrogens (primary N) is 1. The van der Waals surface area contributed by atoms with Crippen molar-refractivity contribution < 1.29 is 14.2 Å². The Balaban J connectivity index is 0.00000225. The predicted octanol–water partition coefficient (Wildman–Crippen LogP) is 2.03. The Labute approximate surface area is 101 Å². The molecule has 0 radical (unpaired) electrons. The lowest BCUT2D eigenvalue weighted by molar-refractivity contribution is 0.280. The first kappa shape index (κ1) is 15.2. The molecule has 0 saturated heterocycles. The molecule has 0 fully saturated rings. The van der Waals surface area contributed by atoms with Crippen LogP contribution in [-0.4, -0.2) is 18.8 Å². The van der Waals surface area contributed by atoms with Crippen LogP contribution in [0, 0.1) is 5.82 Å². The lowest BCUT2D eigenvalue weighted by Crippen LogP contribution is -2.11. The van der Waals surface area contributed by atoms with E-state index in [9.17, 15) is 4.39 Å². The van der Waals surface area contributed by atoms with Crippen LogP contribution in [0.3, 0.4) is 0 Å². The molecule has 0 bridgehead atoms. The molecule has 0 saturated carbocycles. The minimum Gasteiger partial charge on any atom is -0.494 e. The van der Waals surface area contributed by atoms with Gasteiger partial charge in [-0.25, -0.2) is 4.39 Å². The van der Waals surface area contributed by atoms with Crippen molar-refractivity contribution in [2.24, 2.45) is 5.73 Å². The normalized spacial score (nSPS) is 11.8. The van der Waals surface area contributed by atoms with Gasteiger partial charge in [-0.1, -0.05) is 6.07 Å². The summed E-state index contributed by atoms with van der Waals surface area (Å²) in [6, 6.07) is 4.39. The SMILES string of the molecule is COc1cc([C@H](N)CCCO)ccc1F.Cl. The second-order valence-corrected chi connectivity index (χ2v) is 3.37. The maximum atomic E-state index is 13.1. The fourth-order valence-electron chi connectivity index (χ4n) is 1.38. The van der Waals surface area contributed by atoms with Gasteiger partial charge in [-0.3, -0.25) is 0 Å². The van der Waals surface area contributed by atoms with Crippen molar-refractivity contribution in [1.29, 1.82) is 0 Å². The molecule has 0 aliphatic carbocycles. The summed E-state index contributed by atoms with van der Waals surface area (Å²) in [5, 5.41) is 8.67. The third-order valence-electron chi connectivity index (χ3n) is 2.28. The molecule has 0 aromatic heterocycles. The minimum atomic E-state index is -0.393. The average Bonchev–Trinajstić information content (AvgIpc) is 2.26. The predicted molar refractivity (Wildman–Crippen MR) is 63.4 cm³/mol. The van der Waals surface area contributed by atoms with Crippen molar-refractivity contribution in [1.82, 2.24) is 0 Å². The number of aliphatic hydroxyl groups is 1. The molecule has 0 spiro atoms. The highest BCUT2D eigenvalue weighted by Gasteiger charge is 2.09. The molecule has 0 amide bonds. The molecule has 0 aliphatic rings. The Bertz CT molecular complexity index is 323. The number of benzene rings is 1. The van der Waals surface area contributed by atoms with Gasteiger partial charge < -0.3 is 15.6 Å². The number of rotatable bonds is 5. The second kappa shape index (κ2) is 7.44. The summed E-state index contributed by atoms with van der Waals surface area (Å²) < 4.78 is 17.9. The van der Waals surface area contributed by atoms with Crippen LogP contribution in [0.5, 0.6) is 5.75 Å². The van der Waals surface area contributed by atoms with E-state index in [0.29, 0.717) is 12.8 Å². The number of methoxy groups -OCH3 is 1. The smallest absolute Gasteiger partial charge is 0.165 e. The van der Waals surface area contributed by atoms with E-state index in [1.54, 1.807) is 12.1 Å². The van der Waals surface area contributed by atoms with Crippen LogP contribution in [0.4, 0.5) is 4.39 Å². The van der Waals surface area contributed by atoms with E-state index >= 15 is 0 Å². The second-order valence-electron chi connectivity index (χ2n) is 3.37. The molecule has 3 nitrogen and oxygen atoms in total. The van der Waals surface area contributed by atoms with E-state index in [1.165, 1.54) is 13.2 Å². The molecular weight excluding hydrogens is 233 g/mol. The molecular formula is C11H17ClFNO2. The lowest BCUT2D eigenvalue weighted by Gasteiger charge is -2.12. The van der Waals surface area contributed by atoms with E-state index in [2.05, 4.69) is 0 Å². The van der Waals surface area contributed by atoms with Crippen LogP contribution in [0.1, 0.15) is 24.4 Å². The van der Waals surface area contributed by atoms with Crippen molar-refractivity contribution in [3.8, 4) is 5.75 Å².